The molecule has 0 aliphatic carbocycles. The third-order valence-electron chi connectivity index (χ3n) is 8.40. The lowest BCUT2D eigenvalue weighted by Gasteiger charge is -2.41. The first-order valence-electron chi connectivity index (χ1n) is 14.4. The average Bonchev–Trinajstić information content (AvgIpc) is 3.36. The Morgan fingerprint density at radius 2 is 2.02 bits per heavy atom. The van der Waals surface area contributed by atoms with Gasteiger partial charge in [-0.1, -0.05) is 31.0 Å². The largest absolute Gasteiger partial charge is 0.482 e. The second-order valence-corrected chi connectivity index (χ2v) is 11.2. The number of methoxy groups -OCH3 is 1. The second kappa shape index (κ2) is 12.1. The smallest absolute Gasteiger partial charge is 0.311 e. The molecule has 4 heterocycles. The van der Waals surface area contributed by atoms with E-state index in [1.165, 1.54) is 23.9 Å². The van der Waals surface area contributed by atoms with Crippen molar-refractivity contribution in [3.63, 3.8) is 0 Å². The molecule has 0 radical (unpaired) electrons. The van der Waals surface area contributed by atoms with Crippen LogP contribution in [0, 0.1) is 11.6 Å². The van der Waals surface area contributed by atoms with E-state index in [2.05, 4.69) is 10.5 Å². The predicted molar refractivity (Wildman–Crippen MR) is 150 cm³/mol. The summed E-state index contributed by atoms with van der Waals surface area (Å²) in [6, 6.07) is 2.07. The van der Waals surface area contributed by atoms with Gasteiger partial charge >= 0.3 is 5.97 Å². The maximum atomic E-state index is 14.2. The summed E-state index contributed by atoms with van der Waals surface area (Å²) in [7, 11) is 1.48. The number of esters is 1. The summed E-state index contributed by atoms with van der Waals surface area (Å²) in [6.45, 7) is 3.71. The highest BCUT2D eigenvalue weighted by Crippen LogP contribution is 2.46. The number of carbonyl (C=O) groups excluding carboxylic acids is 3. The summed E-state index contributed by atoms with van der Waals surface area (Å²) in [5, 5.41) is 6.58. The van der Waals surface area contributed by atoms with Gasteiger partial charge in [-0.15, -0.1) is 0 Å². The van der Waals surface area contributed by atoms with Gasteiger partial charge in [0.05, 0.1) is 19.6 Å². The number of oxime groups is 1. The molecule has 5 rings (SSSR count). The van der Waals surface area contributed by atoms with Crippen LogP contribution < -0.4 is 15.5 Å². The summed E-state index contributed by atoms with van der Waals surface area (Å²) < 4.78 is 40.0. The fourth-order valence-corrected chi connectivity index (χ4v) is 5.89. The van der Waals surface area contributed by atoms with Gasteiger partial charge in [0.2, 0.25) is 17.1 Å². The van der Waals surface area contributed by atoms with Crippen molar-refractivity contribution in [2.45, 2.75) is 83.0 Å². The molecule has 0 saturated carbocycles. The predicted octanol–water partition coefficient (Wildman–Crippen LogP) is 3.84. The third-order valence-corrected chi connectivity index (χ3v) is 8.40. The number of rotatable bonds is 8. The van der Waals surface area contributed by atoms with Crippen LogP contribution in [0.2, 0.25) is 0 Å². The van der Waals surface area contributed by atoms with Crippen LogP contribution in [-0.4, -0.2) is 58.4 Å². The molecule has 13 heteroatoms. The Labute approximate surface area is 246 Å². The molecule has 1 fully saturated rings. The van der Waals surface area contributed by atoms with Gasteiger partial charge in [-0.25, -0.2) is 8.78 Å². The maximum Gasteiger partial charge on any atom is 0.311 e. The first-order valence-corrected chi connectivity index (χ1v) is 14.4. The molecule has 2 aromatic rings. The molecule has 230 valence electrons. The summed E-state index contributed by atoms with van der Waals surface area (Å²) >= 11 is 0. The second-order valence-electron chi connectivity index (χ2n) is 11.2. The minimum absolute atomic E-state index is 0.00140. The van der Waals surface area contributed by atoms with E-state index in [9.17, 15) is 28.0 Å². The van der Waals surface area contributed by atoms with Crippen molar-refractivity contribution in [3.8, 4) is 5.75 Å². The van der Waals surface area contributed by atoms with E-state index in [0.717, 1.165) is 18.9 Å². The van der Waals surface area contributed by atoms with Gasteiger partial charge in [0, 0.05) is 43.4 Å². The van der Waals surface area contributed by atoms with E-state index < -0.39 is 57.8 Å². The lowest BCUT2D eigenvalue weighted by atomic mass is 9.85. The molecule has 43 heavy (non-hydrogen) atoms. The SMILES string of the molecule is CCCCCC(=O)Oc1c2n(cc(C(=O)NCc3ccc(F)cc3F)c1=O)[C@@H]1CN(C2=O)[C@@H](C)CC[C@]12CC(OC)=NO2. The number of hydrogen-bond donors (Lipinski definition) is 1. The number of ether oxygens (including phenoxy) is 2. The van der Waals surface area contributed by atoms with Gasteiger partial charge < -0.3 is 29.1 Å². The summed E-state index contributed by atoms with van der Waals surface area (Å²) in [5.74, 6) is -3.93. The van der Waals surface area contributed by atoms with Crippen LogP contribution in [0.3, 0.4) is 0 Å². The first-order chi connectivity index (χ1) is 20.6. The zero-order valence-electron chi connectivity index (χ0n) is 24.3. The Kier molecular flexibility index (Phi) is 8.52. The molecule has 1 saturated heterocycles. The van der Waals surface area contributed by atoms with Crippen molar-refractivity contribution in [2.75, 3.05) is 13.7 Å². The summed E-state index contributed by atoms with van der Waals surface area (Å²) in [6.07, 6.45) is 4.76. The number of carbonyl (C=O) groups is 3. The molecule has 3 aliphatic rings. The Morgan fingerprint density at radius 3 is 2.72 bits per heavy atom. The standard InChI is InChI=1S/C30H34F2N4O7/c1-4-5-6-7-24(37)42-27-25-29(40)35-16-22(30(11-10-17(35)2)13-23(41-3)34-43-30)36(25)15-20(26(27)38)28(39)33-14-18-8-9-19(31)12-21(18)32/h8-9,12,15,17,22H,4-7,10-11,13-14,16H2,1-3H3,(H,33,39)/t17-,22+,30-/m0/s1. The minimum Gasteiger partial charge on any atom is -0.482 e. The minimum atomic E-state index is -0.966. The fraction of sp³-hybridized carbons (Fsp3) is 0.500. The van der Waals surface area contributed by atoms with E-state index >= 15 is 0 Å². The lowest BCUT2D eigenvalue weighted by Crippen LogP contribution is -2.52. The number of halogens is 2. The Hall–Kier alpha value is -4.29. The van der Waals surface area contributed by atoms with E-state index in [1.807, 2.05) is 13.8 Å². The highest BCUT2D eigenvalue weighted by molar-refractivity contribution is 6.00. The van der Waals surface area contributed by atoms with Crippen LogP contribution in [0.25, 0.3) is 0 Å². The van der Waals surface area contributed by atoms with Gasteiger partial charge in [0.15, 0.2) is 11.3 Å². The number of pyridine rings is 1. The molecule has 0 unspecified atom stereocenters. The van der Waals surface area contributed by atoms with Crippen LogP contribution in [-0.2, 0) is 20.9 Å². The van der Waals surface area contributed by atoms with Gasteiger partial charge in [0.1, 0.15) is 17.2 Å². The van der Waals surface area contributed by atoms with Gasteiger partial charge in [0.25, 0.3) is 11.8 Å². The topological polar surface area (TPSA) is 129 Å². The number of hydrogen-bond acceptors (Lipinski definition) is 8. The zero-order chi connectivity index (χ0) is 30.9. The average molecular weight is 601 g/mol. The number of fused-ring (bicyclic) bond motifs is 5. The Morgan fingerprint density at radius 1 is 1.23 bits per heavy atom. The first kappa shape index (κ1) is 30.2. The van der Waals surface area contributed by atoms with E-state index in [0.29, 0.717) is 31.2 Å². The fourth-order valence-electron chi connectivity index (χ4n) is 5.89. The molecular weight excluding hydrogens is 566 g/mol. The third kappa shape index (κ3) is 5.72. The number of benzene rings is 1. The molecule has 2 bridgehead atoms. The molecular formula is C30H34F2N4O7. The number of nitrogens with one attached hydrogen (secondary N) is 1. The maximum absolute atomic E-state index is 14.2. The lowest BCUT2D eigenvalue weighted by molar-refractivity contribution is -0.134. The van der Waals surface area contributed by atoms with Crippen molar-refractivity contribution in [1.82, 2.24) is 14.8 Å². The number of aromatic nitrogens is 1. The van der Waals surface area contributed by atoms with Crippen molar-refractivity contribution < 1.29 is 37.5 Å². The molecule has 1 aromatic carbocycles. The van der Waals surface area contributed by atoms with Crippen LogP contribution in [0.5, 0.6) is 5.75 Å². The van der Waals surface area contributed by atoms with Gasteiger partial charge in [-0.2, -0.15) is 0 Å². The molecule has 1 N–H and O–H groups in total. The van der Waals surface area contributed by atoms with Crippen LogP contribution in [0.15, 0.2) is 34.3 Å². The van der Waals surface area contributed by atoms with E-state index in [4.69, 9.17) is 14.3 Å². The molecule has 1 spiro atoms. The normalized spacial score (nSPS) is 22.4. The van der Waals surface area contributed by atoms with Crippen LogP contribution in [0.1, 0.15) is 91.2 Å². The summed E-state index contributed by atoms with van der Waals surface area (Å²) in [5.41, 5.74) is -2.49. The Balaban J connectivity index is 1.60. The van der Waals surface area contributed by atoms with Crippen molar-refractivity contribution in [2.24, 2.45) is 5.16 Å². The van der Waals surface area contributed by atoms with E-state index in [1.54, 1.807) is 4.90 Å². The number of unbranched alkanes of at least 4 members (excludes halogenated alkanes) is 2. The zero-order valence-corrected chi connectivity index (χ0v) is 24.3. The van der Waals surface area contributed by atoms with Gasteiger partial charge in [-0.05, 0) is 32.3 Å². The van der Waals surface area contributed by atoms with Crippen LogP contribution >= 0.6 is 0 Å². The monoisotopic (exact) mass is 600 g/mol. The number of amides is 2. The van der Waals surface area contributed by atoms with Crippen molar-refractivity contribution in [1.29, 1.82) is 0 Å². The molecule has 2 amide bonds. The molecule has 3 atom stereocenters. The Bertz CT molecular complexity index is 1540. The quantitative estimate of drug-likeness (QED) is 0.360. The molecule has 11 nitrogen and oxygen atoms in total. The highest BCUT2D eigenvalue weighted by Gasteiger charge is 2.55. The van der Waals surface area contributed by atoms with E-state index in [-0.39, 0.29) is 43.2 Å². The number of nitrogens with zero attached hydrogens (tertiary/aromatic N) is 3. The van der Waals surface area contributed by atoms with Crippen molar-refractivity contribution in [3.05, 3.63) is 63.1 Å². The highest BCUT2D eigenvalue weighted by atomic mass is 19.1. The molecule has 1 aromatic heterocycles. The van der Waals surface area contributed by atoms with Crippen LogP contribution in [0.4, 0.5) is 8.78 Å². The molecule has 3 aliphatic heterocycles. The van der Waals surface area contributed by atoms with Gasteiger partial charge in [-0.3, -0.25) is 19.2 Å². The van der Waals surface area contributed by atoms with Crippen molar-refractivity contribution >= 4 is 23.7 Å². The summed E-state index contributed by atoms with van der Waals surface area (Å²) in [4.78, 5) is 61.6.